The lowest BCUT2D eigenvalue weighted by molar-refractivity contribution is -0.164. The smallest absolute Gasteiger partial charge is 0.352 e. The van der Waals surface area contributed by atoms with E-state index < -0.39 is 47.7 Å². The monoisotopic (exact) mass is 364 g/mol. The number of carboxylic acid groups (broad SMARTS) is 2. The van der Waals surface area contributed by atoms with E-state index in [9.17, 15) is 28.7 Å². The van der Waals surface area contributed by atoms with Crippen molar-refractivity contribution in [3.63, 3.8) is 0 Å². The molecular weight excluding hydrogens is 347 g/mol. The molecule has 0 aliphatic carbocycles. The van der Waals surface area contributed by atoms with Gasteiger partial charge in [0, 0.05) is 0 Å². The SMILES string of the molecule is CC(C)=C(C(=O)O)N1C(=O)C(NC(=O)C(C(=O)O)c2ccccc2)C1F. The second-order valence-electron chi connectivity index (χ2n) is 5.90. The number of halogens is 1. The maximum atomic E-state index is 14.3. The molecule has 1 saturated heterocycles. The first-order valence-corrected chi connectivity index (χ1v) is 7.62. The molecule has 0 spiro atoms. The van der Waals surface area contributed by atoms with Gasteiger partial charge in [-0.25, -0.2) is 9.18 Å². The Morgan fingerprint density at radius 1 is 1.15 bits per heavy atom. The largest absolute Gasteiger partial charge is 0.480 e. The number of benzene rings is 1. The molecule has 0 radical (unpaired) electrons. The number of β-lactam (4-membered cyclic amide) rings is 1. The van der Waals surface area contributed by atoms with Gasteiger partial charge in [0.2, 0.25) is 12.2 Å². The van der Waals surface area contributed by atoms with Crippen molar-refractivity contribution in [3.8, 4) is 0 Å². The first kappa shape index (κ1) is 19.1. The highest BCUT2D eigenvalue weighted by Gasteiger charge is 2.53. The second-order valence-corrected chi connectivity index (χ2v) is 5.90. The Balaban J connectivity index is 2.18. The number of hydrogen-bond donors (Lipinski definition) is 3. The molecule has 3 unspecified atom stereocenters. The van der Waals surface area contributed by atoms with E-state index in [4.69, 9.17) is 5.11 Å². The number of allylic oxidation sites excluding steroid dienone is 1. The van der Waals surface area contributed by atoms with E-state index in [2.05, 4.69) is 5.32 Å². The maximum Gasteiger partial charge on any atom is 0.352 e. The predicted molar refractivity (Wildman–Crippen MR) is 86.5 cm³/mol. The summed E-state index contributed by atoms with van der Waals surface area (Å²) in [6.45, 7) is 2.82. The third-order valence-electron chi connectivity index (χ3n) is 3.88. The molecule has 1 heterocycles. The van der Waals surface area contributed by atoms with Crippen LogP contribution in [0.25, 0.3) is 0 Å². The molecule has 1 aliphatic heterocycles. The summed E-state index contributed by atoms with van der Waals surface area (Å²) >= 11 is 0. The first-order chi connectivity index (χ1) is 12.2. The second kappa shape index (κ2) is 7.34. The van der Waals surface area contributed by atoms with Crippen LogP contribution in [-0.2, 0) is 19.2 Å². The van der Waals surface area contributed by atoms with Crippen molar-refractivity contribution in [2.75, 3.05) is 0 Å². The molecule has 1 fully saturated rings. The fraction of sp³-hybridized carbons (Fsp3) is 0.294. The molecule has 26 heavy (non-hydrogen) atoms. The summed E-state index contributed by atoms with van der Waals surface area (Å²) in [4.78, 5) is 47.4. The number of likely N-dealkylation sites (tertiary alicyclic amines) is 1. The van der Waals surface area contributed by atoms with Gasteiger partial charge in [0.05, 0.1) is 0 Å². The Labute approximate surface area is 147 Å². The topological polar surface area (TPSA) is 124 Å². The van der Waals surface area contributed by atoms with Gasteiger partial charge in [-0.15, -0.1) is 0 Å². The molecule has 0 aromatic heterocycles. The molecule has 1 aliphatic rings. The minimum Gasteiger partial charge on any atom is -0.480 e. The number of amides is 2. The summed E-state index contributed by atoms with van der Waals surface area (Å²) in [5.74, 6) is -6.56. The van der Waals surface area contributed by atoms with Gasteiger partial charge >= 0.3 is 11.9 Å². The molecule has 138 valence electrons. The van der Waals surface area contributed by atoms with Crippen LogP contribution in [0.3, 0.4) is 0 Å². The molecule has 9 heteroatoms. The minimum absolute atomic E-state index is 0.173. The molecular formula is C17H17FN2O6. The van der Waals surface area contributed by atoms with Crippen LogP contribution in [0.15, 0.2) is 41.6 Å². The van der Waals surface area contributed by atoms with E-state index in [0.717, 1.165) is 0 Å². The quantitative estimate of drug-likeness (QED) is 0.298. The molecule has 1 aromatic rings. The van der Waals surface area contributed by atoms with Crippen molar-refractivity contribution < 1.29 is 33.8 Å². The number of rotatable bonds is 6. The van der Waals surface area contributed by atoms with Crippen molar-refractivity contribution in [1.82, 2.24) is 10.2 Å². The van der Waals surface area contributed by atoms with Crippen LogP contribution < -0.4 is 5.32 Å². The average molecular weight is 364 g/mol. The minimum atomic E-state index is -2.10. The van der Waals surface area contributed by atoms with Crippen LogP contribution in [0.1, 0.15) is 25.3 Å². The van der Waals surface area contributed by atoms with Crippen LogP contribution in [-0.4, -0.2) is 51.2 Å². The highest BCUT2D eigenvalue weighted by Crippen LogP contribution is 2.29. The van der Waals surface area contributed by atoms with Crippen LogP contribution >= 0.6 is 0 Å². The van der Waals surface area contributed by atoms with Crippen molar-refractivity contribution >= 4 is 23.8 Å². The summed E-state index contributed by atoms with van der Waals surface area (Å²) in [6.07, 6.45) is -2.10. The molecule has 2 amide bonds. The van der Waals surface area contributed by atoms with Gasteiger partial charge in [-0.05, 0) is 25.0 Å². The highest BCUT2D eigenvalue weighted by molar-refractivity contribution is 6.06. The fourth-order valence-corrected chi connectivity index (χ4v) is 2.67. The van der Waals surface area contributed by atoms with E-state index in [1.165, 1.54) is 26.0 Å². The normalized spacial score (nSPS) is 20.0. The molecule has 2 rings (SSSR count). The zero-order valence-corrected chi connectivity index (χ0v) is 14.0. The summed E-state index contributed by atoms with van der Waals surface area (Å²) in [5, 5.41) is 20.4. The van der Waals surface area contributed by atoms with Gasteiger partial charge in [-0.3, -0.25) is 19.3 Å². The van der Waals surface area contributed by atoms with Crippen molar-refractivity contribution in [3.05, 3.63) is 47.2 Å². The molecule has 0 bridgehead atoms. The molecule has 3 N–H and O–H groups in total. The van der Waals surface area contributed by atoms with E-state index in [-0.39, 0.29) is 11.1 Å². The maximum absolute atomic E-state index is 14.3. The zero-order valence-electron chi connectivity index (χ0n) is 14.0. The Morgan fingerprint density at radius 2 is 1.73 bits per heavy atom. The third-order valence-corrected chi connectivity index (χ3v) is 3.88. The lowest BCUT2D eigenvalue weighted by atomic mass is 9.96. The Kier molecular flexibility index (Phi) is 5.39. The van der Waals surface area contributed by atoms with Gasteiger partial charge < -0.3 is 15.5 Å². The van der Waals surface area contributed by atoms with Crippen LogP contribution in [0.5, 0.6) is 0 Å². The summed E-state index contributed by atoms with van der Waals surface area (Å²) in [7, 11) is 0. The van der Waals surface area contributed by atoms with Crippen molar-refractivity contribution in [2.24, 2.45) is 0 Å². The Hall–Kier alpha value is -3.23. The van der Waals surface area contributed by atoms with Gasteiger partial charge in [0.1, 0.15) is 5.70 Å². The number of alkyl halides is 1. The molecule has 1 aromatic carbocycles. The van der Waals surface area contributed by atoms with Crippen molar-refractivity contribution in [2.45, 2.75) is 32.1 Å². The standard InChI is InChI=1S/C17H17FN2O6/c1-8(2)12(17(25)26)20-13(18)11(15(20)22)19-14(21)10(16(23)24)9-6-4-3-5-7-9/h3-7,10-11,13H,1-2H3,(H,19,21)(H,23,24)(H,25,26). The van der Waals surface area contributed by atoms with Crippen LogP contribution in [0.2, 0.25) is 0 Å². The van der Waals surface area contributed by atoms with Gasteiger partial charge in [0.25, 0.3) is 5.91 Å². The van der Waals surface area contributed by atoms with Gasteiger partial charge in [-0.1, -0.05) is 30.3 Å². The number of carbonyl (C=O) groups is 4. The molecule has 8 nitrogen and oxygen atoms in total. The number of carbonyl (C=O) groups excluding carboxylic acids is 2. The summed E-state index contributed by atoms with van der Waals surface area (Å²) in [6, 6.07) is 5.93. The highest BCUT2D eigenvalue weighted by atomic mass is 19.1. The fourth-order valence-electron chi connectivity index (χ4n) is 2.67. The number of aliphatic carboxylic acids is 2. The lowest BCUT2D eigenvalue weighted by Gasteiger charge is -2.42. The zero-order chi connectivity index (χ0) is 19.6. The van der Waals surface area contributed by atoms with E-state index in [1.54, 1.807) is 18.2 Å². The molecule has 3 atom stereocenters. The van der Waals surface area contributed by atoms with Gasteiger partial charge in [-0.2, -0.15) is 0 Å². The van der Waals surface area contributed by atoms with Crippen LogP contribution in [0.4, 0.5) is 4.39 Å². The Bertz CT molecular complexity index is 788. The number of nitrogens with one attached hydrogen (secondary N) is 1. The van der Waals surface area contributed by atoms with E-state index >= 15 is 0 Å². The lowest BCUT2D eigenvalue weighted by Crippen LogP contribution is -2.69. The predicted octanol–water partition coefficient (Wildman–Crippen LogP) is 0.856. The van der Waals surface area contributed by atoms with Gasteiger partial charge in [0.15, 0.2) is 12.0 Å². The summed E-state index contributed by atoms with van der Waals surface area (Å²) < 4.78 is 14.3. The van der Waals surface area contributed by atoms with E-state index in [1.807, 2.05) is 0 Å². The number of hydrogen-bond acceptors (Lipinski definition) is 4. The van der Waals surface area contributed by atoms with Crippen LogP contribution in [0, 0.1) is 0 Å². The molecule has 0 saturated carbocycles. The van der Waals surface area contributed by atoms with Crippen molar-refractivity contribution in [1.29, 1.82) is 0 Å². The van der Waals surface area contributed by atoms with E-state index in [0.29, 0.717) is 4.90 Å². The average Bonchev–Trinajstić information content (AvgIpc) is 2.57. The number of carboxylic acids is 2. The Morgan fingerprint density at radius 3 is 2.15 bits per heavy atom. The number of nitrogens with zero attached hydrogens (tertiary/aromatic N) is 1. The third kappa shape index (κ3) is 3.41. The first-order valence-electron chi connectivity index (χ1n) is 7.62. The summed E-state index contributed by atoms with van der Waals surface area (Å²) in [5.41, 5.74) is -0.121.